The summed E-state index contributed by atoms with van der Waals surface area (Å²) < 4.78 is 43.2. The fraction of sp³-hybridized carbons (Fsp3) is 0.450. The van der Waals surface area contributed by atoms with Crippen molar-refractivity contribution in [2.75, 3.05) is 39.6 Å². The summed E-state index contributed by atoms with van der Waals surface area (Å²) in [6.45, 7) is 19.4. The van der Waals surface area contributed by atoms with Crippen molar-refractivity contribution in [1.29, 1.82) is 0 Å². The third-order valence-corrected chi connectivity index (χ3v) is 27.2. The van der Waals surface area contributed by atoms with E-state index >= 15 is 0 Å². The highest BCUT2D eigenvalue weighted by molar-refractivity contribution is 9.26. The molecule has 6 rings (SSSR count). The van der Waals surface area contributed by atoms with E-state index in [2.05, 4.69) is 86.7 Å². The van der Waals surface area contributed by atoms with Crippen LogP contribution in [0.5, 0.6) is 0 Å². The van der Waals surface area contributed by atoms with Crippen molar-refractivity contribution in [2.24, 2.45) is 11.8 Å². The predicted molar refractivity (Wildman–Crippen MR) is 247 cm³/mol. The number of fused-ring (bicyclic) bond motifs is 2. The van der Waals surface area contributed by atoms with Crippen LogP contribution in [0.4, 0.5) is 0 Å². The number of thiazole rings is 2. The number of hydrogen-bond acceptors (Lipinski definition) is 14. The molecule has 4 unspecified atom stereocenters. The Labute approximate surface area is 357 Å². The monoisotopic (exact) mass is 904 g/mol. The highest BCUT2D eigenvalue weighted by Gasteiger charge is 2.70. The maximum absolute atomic E-state index is 6.82. The molecular formula is C40H52N2O6S6Si2. The van der Waals surface area contributed by atoms with Crippen molar-refractivity contribution >= 4 is 102 Å². The molecule has 0 aliphatic heterocycles. The standard InChI is InChI=1S/C40H52N2O6S6Si2/c1-9-43-55(44-10-2,45-11-3)39(37-41-31-23-15-17-25-33(31)49-37)29(7)21-19-27-35(39)51-53-54-52-36-28-20-22-30(8)40(36,56(46-12-4,47-13-5)48-14-6)38-42-32-24-16-18-26-34(32)50-38/h15-30H,9-14H2,1-8H3. The Bertz CT molecular complexity index is 1810. The molecule has 16 heteroatoms. The average Bonchev–Trinajstić information content (AvgIpc) is 3.82. The van der Waals surface area contributed by atoms with Crippen LogP contribution in [0.15, 0.2) is 94.8 Å². The first-order chi connectivity index (χ1) is 27.3. The normalized spacial score (nSPS) is 22.9. The summed E-state index contributed by atoms with van der Waals surface area (Å²) in [6.07, 6.45) is 13.2. The summed E-state index contributed by atoms with van der Waals surface area (Å²) in [4.78, 5) is 12.9. The Morgan fingerprint density at radius 3 is 1.21 bits per heavy atom. The van der Waals surface area contributed by atoms with Crippen LogP contribution in [-0.4, -0.2) is 67.2 Å². The van der Waals surface area contributed by atoms with Gasteiger partial charge >= 0.3 is 17.6 Å². The summed E-state index contributed by atoms with van der Waals surface area (Å²) in [5.41, 5.74) is 1.93. The second kappa shape index (κ2) is 19.9. The molecule has 2 aliphatic rings. The lowest BCUT2D eigenvalue weighted by Crippen LogP contribution is -2.66. The average molecular weight is 905 g/mol. The minimum Gasteiger partial charge on any atom is -0.373 e. The van der Waals surface area contributed by atoms with E-state index in [1.807, 2.05) is 53.7 Å². The van der Waals surface area contributed by atoms with Gasteiger partial charge in [-0.1, -0.05) is 74.6 Å². The van der Waals surface area contributed by atoms with Crippen LogP contribution in [0.2, 0.25) is 0 Å². The van der Waals surface area contributed by atoms with Gasteiger partial charge in [-0.05, 0) is 119 Å². The molecule has 0 N–H and O–H groups in total. The molecule has 2 heterocycles. The fourth-order valence-corrected chi connectivity index (χ4v) is 26.0. The molecule has 0 amide bonds. The topological polar surface area (TPSA) is 81.2 Å². The van der Waals surface area contributed by atoms with E-state index in [-0.39, 0.29) is 11.8 Å². The molecule has 4 atom stereocenters. The van der Waals surface area contributed by atoms with Crippen molar-refractivity contribution in [3.63, 3.8) is 0 Å². The molecule has 2 aromatic heterocycles. The van der Waals surface area contributed by atoms with Gasteiger partial charge in [-0.2, -0.15) is 0 Å². The van der Waals surface area contributed by atoms with Gasteiger partial charge in [0.05, 0.1) is 20.4 Å². The fourth-order valence-electron chi connectivity index (χ4n) is 7.78. The number of benzene rings is 2. The molecule has 2 aliphatic carbocycles. The highest BCUT2D eigenvalue weighted by Crippen LogP contribution is 2.63. The largest absolute Gasteiger partial charge is 0.520 e. The number of para-hydroxylation sites is 2. The molecule has 302 valence electrons. The molecule has 2 aromatic carbocycles. The van der Waals surface area contributed by atoms with Crippen LogP contribution >= 0.6 is 63.9 Å². The minimum absolute atomic E-state index is 0.0148. The van der Waals surface area contributed by atoms with Gasteiger partial charge in [0, 0.05) is 49.5 Å². The van der Waals surface area contributed by atoms with E-state index in [0.29, 0.717) is 39.6 Å². The summed E-state index contributed by atoms with van der Waals surface area (Å²) in [7, 11) is -0.103. The van der Waals surface area contributed by atoms with Crippen molar-refractivity contribution in [3.05, 3.63) is 105 Å². The van der Waals surface area contributed by atoms with Gasteiger partial charge in [-0.25, -0.2) is 9.97 Å². The second-order valence-corrected chi connectivity index (χ2v) is 26.4. The number of rotatable bonds is 21. The van der Waals surface area contributed by atoms with Crippen LogP contribution in [0.25, 0.3) is 20.4 Å². The zero-order chi connectivity index (χ0) is 39.8. The van der Waals surface area contributed by atoms with Gasteiger partial charge in [0.1, 0.15) is 20.1 Å². The van der Waals surface area contributed by atoms with Crippen LogP contribution in [0, 0.1) is 11.8 Å². The Balaban J connectivity index is 1.41. The van der Waals surface area contributed by atoms with Crippen molar-refractivity contribution in [3.8, 4) is 0 Å². The van der Waals surface area contributed by atoms with Gasteiger partial charge in [-0.3, -0.25) is 0 Å². The van der Waals surface area contributed by atoms with Crippen LogP contribution in [0.1, 0.15) is 65.4 Å². The molecular weight excluding hydrogens is 853 g/mol. The SMILES string of the molecule is CCO[Si](OCC)(OCC)C1(c2nc3ccccc3s2)C(SSSSC2=CC=CC(C)C2(c2nc3ccccc3s2)[Si](OCC)(OCC)OCC)=CC=CC1C. The van der Waals surface area contributed by atoms with E-state index in [4.69, 9.17) is 36.5 Å². The second-order valence-electron chi connectivity index (χ2n) is 13.0. The molecule has 0 bridgehead atoms. The summed E-state index contributed by atoms with van der Waals surface area (Å²) >= 11 is 3.41. The third-order valence-electron chi connectivity index (χ3n) is 9.95. The lowest BCUT2D eigenvalue weighted by atomic mass is 9.88. The van der Waals surface area contributed by atoms with Crippen LogP contribution in [-0.2, 0) is 36.6 Å². The van der Waals surface area contributed by atoms with Gasteiger partial charge in [0.15, 0.2) is 0 Å². The first-order valence-electron chi connectivity index (χ1n) is 19.3. The first-order valence-corrected chi connectivity index (χ1v) is 29.2. The van der Waals surface area contributed by atoms with Gasteiger partial charge in [-0.15, -0.1) is 22.7 Å². The number of allylic oxidation sites excluding steroid dienone is 8. The quantitative estimate of drug-likeness (QED) is 0.0454. The molecule has 4 aromatic rings. The third kappa shape index (κ3) is 7.90. The Hall–Kier alpha value is -1.23. The van der Waals surface area contributed by atoms with Crippen molar-refractivity contribution in [1.82, 2.24) is 9.97 Å². The summed E-state index contributed by atoms with van der Waals surface area (Å²) in [5.74, 6) is -0.0295. The van der Waals surface area contributed by atoms with Gasteiger partial charge in [0.25, 0.3) is 0 Å². The van der Waals surface area contributed by atoms with Crippen molar-refractivity contribution in [2.45, 2.75) is 65.5 Å². The van der Waals surface area contributed by atoms with E-state index in [9.17, 15) is 0 Å². The highest BCUT2D eigenvalue weighted by atomic mass is 33.7. The maximum Gasteiger partial charge on any atom is 0.520 e. The molecule has 56 heavy (non-hydrogen) atoms. The Kier molecular flexibility index (Phi) is 15.7. The lowest BCUT2D eigenvalue weighted by molar-refractivity contribution is 0.0438. The summed E-state index contributed by atoms with van der Waals surface area (Å²) in [5, 5.41) is 0.394. The molecule has 0 fully saturated rings. The number of nitrogens with zero attached hydrogens (tertiary/aromatic N) is 2. The van der Waals surface area contributed by atoms with E-state index in [1.54, 1.807) is 63.9 Å². The molecule has 0 saturated carbocycles. The molecule has 0 spiro atoms. The maximum atomic E-state index is 6.82. The molecule has 0 radical (unpaired) electrons. The van der Waals surface area contributed by atoms with Crippen LogP contribution < -0.4 is 0 Å². The zero-order valence-electron chi connectivity index (χ0n) is 33.3. The Morgan fingerprint density at radius 1 is 0.554 bits per heavy atom. The molecule has 0 saturated heterocycles. The Morgan fingerprint density at radius 2 is 0.893 bits per heavy atom. The smallest absolute Gasteiger partial charge is 0.373 e. The van der Waals surface area contributed by atoms with E-state index in [1.165, 1.54) is 0 Å². The summed E-state index contributed by atoms with van der Waals surface area (Å²) in [6, 6.07) is 16.7. The molecule has 8 nitrogen and oxygen atoms in total. The first kappa shape index (κ1) is 44.3. The number of aromatic nitrogens is 2. The van der Waals surface area contributed by atoms with E-state index < -0.39 is 27.7 Å². The lowest BCUT2D eigenvalue weighted by Gasteiger charge is -2.48. The minimum atomic E-state index is -3.51. The van der Waals surface area contributed by atoms with Crippen LogP contribution in [0.3, 0.4) is 0 Å². The zero-order valence-corrected chi connectivity index (χ0v) is 40.2. The van der Waals surface area contributed by atoms with Crippen molar-refractivity contribution < 1.29 is 26.6 Å². The predicted octanol–water partition coefficient (Wildman–Crippen LogP) is 12.1. The number of hydrogen-bond donors (Lipinski definition) is 0. The van der Waals surface area contributed by atoms with Gasteiger partial charge < -0.3 is 26.6 Å². The van der Waals surface area contributed by atoms with Gasteiger partial charge in [0.2, 0.25) is 0 Å². The van der Waals surface area contributed by atoms with E-state index in [0.717, 1.165) is 40.3 Å².